The van der Waals surface area contributed by atoms with E-state index in [-0.39, 0.29) is 0 Å². The number of hydrogen-bond donors (Lipinski definition) is 3. The molecule has 0 saturated heterocycles. The van der Waals surface area contributed by atoms with Crippen LogP contribution in [0.4, 0.5) is 11.8 Å². The van der Waals surface area contributed by atoms with Crippen LogP contribution in [0.1, 0.15) is 25.6 Å². The number of nitrogens with zero attached hydrogens (tertiary/aromatic N) is 2. The number of hydrogen-bond acceptors (Lipinski definition) is 6. The molecular formula is C13H19N5OS. The van der Waals surface area contributed by atoms with Crippen molar-refractivity contribution in [1.29, 1.82) is 0 Å². The smallest absolute Gasteiger partial charge is 0.242 e. The van der Waals surface area contributed by atoms with Gasteiger partial charge in [0.15, 0.2) is 0 Å². The fourth-order valence-corrected chi connectivity index (χ4v) is 2.61. The molecule has 4 N–H and O–H groups in total. The molecule has 0 aliphatic heterocycles. The van der Waals surface area contributed by atoms with E-state index in [0.717, 1.165) is 21.6 Å². The molecule has 0 bridgehead atoms. The van der Waals surface area contributed by atoms with Crippen LogP contribution in [-0.4, -0.2) is 28.0 Å². The lowest BCUT2D eigenvalue weighted by molar-refractivity contribution is -0.121. The van der Waals surface area contributed by atoms with E-state index < -0.39 is 11.4 Å². The van der Waals surface area contributed by atoms with E-state index in [1.54, 1.807) is 25.2 Å². The predicted octanol–water partition coefficient (Wildman–Crippen LogP) is 2.11. The number of amides is 1. The van der Waals surface area contributed by atoms with Crippen LogP contribution in [0.15, 0.2) is 6.07 Å². The lowest BCUT2D eigenvalue weighted by atomic mass is 10.1. The number of thiophene rings is 1. The molecule has 1 amide bonds. The van der Waals surface area contributed by atoms with E-state index in [1.165, 1.54) is 0 Å². The molecule has 0 aliphatic carbocycles. The van der Waals surface area contributed by atoms with Crippen molar-refractivity contribution in [2.24, 2.45) is 5.73 Å². The first-order valence-electron chi connectivity index (χ1n) is 6.43. The van der Waals surface area contributed by atoms with Crippen molar-refractivity contribution in [3.05, 3.63) is 10.9 Å². The first-order chi connectivity index (χ1) is 9.33. The number of carbonyl (C=O) groups is 1. The Morgan fingerprint density at radius 3 is 2.75 bits per heavy atom. The molecular weight excluding hydrogens is 274 g/mol. The number of rotatable bonds is 5. The van der Waals surface area contributed by atoms with Crippen molar-refractivity contribution in [2.45, 2.75) is 33.2 Å². The summed E-state index contributed by atoms with van der Waals surface area (Å²) in [5.41, 5.74) is 4.53. The average Bonchev–Trinajstić information content (AvgIpc) is 2.69. The number of anilines is 2. The second-order valence-electron chi connectivity index (χ2n) is 5.12. The highest BCUT2D eigenvalue weighted by Crippen LogP contribution is 2.30. The molecule has 2 rings (SSSR count). The van der Waals surface area contributed by atoms with E-state index in [4.69, 9.17) is 5.73 Å². The summed E-state index contributed by atoms with van der Waals surface area (Å²) in [5.74, 6) is 0.741. The third-order valence-electron chi connectivity index (χ3n) is 2.90. The third-order valence-corrected chi connectivity index (χ3v) is 3.84. The Bertz CT molecular complexity index is 649. The number of nitrogens with one attached hydrogen (secondary N) is 2. The van der Waals surface area contributed by atoms with Crippen LogP contribution < -0.4 is 16.4 Å². The topological polar surface area (TPSA) is 92.9 Å². The minimum absolute atomic E-state index is 0.429. The maximum Gasteiger partial charge on any atom is 0.242 e. The van der Waals surface area contributed by atoms with Gasteiger partial charge in [0.05, 0.1) is 5.39 Å². The highest BCUT2D eigenvalue weighted by atomic mass is 32.1. The quantitative estimate of drug-likeness (QED) is 0.785. The summed E-state index contributed by atoms with van der Waals surface area (Å²) in [7, 11) is 0. The van der Waals surface area contributed by atoms with Gasteiger partial charge in [-0.15, -0.1) is 11.3 Å². The monoisotopic (exact) mass is 293 g/mol. The largest absolute Gasteiger partial charge is 0.368 e. The zero-order valence-electron chi connectivity index (χ0n) is 12.1. The Hall–Kier alpha value is -1.89. The fraction of sp³-hybridized carbons (Fsp3) is 0.462. The minimum Gasteiger partial charge on any atom is -0.368 e. The summed E-state index contributed by atoms with van der Waals surface area (Å²) < 4.78 is 0. The lowest BCUT2D eigenvalue weighted by Gasteiger charge is -2.23. The van der Waals surface area contributed by atoms with Crippen LogP contribution in [-0.2, 0) is 4.79 Å². The SMILES string of the molecule is CCNc1nc(NC(C)(C)C(N)=O)c2cc(C)sc2n1. The molecule has 0 aromatic carbocycles. The van der Waals surface area contributed by atoms with Crippen LogP contribution in [0.5, 0.6) is 0 Å². The van der Waals surface area contributed by atoms with Gasteiger partial charge in [0.1, 0.15) is 16.2 Å². The first kappa shape index (κ1) is 14.5. The van der Waals surface area contributed by atoms with E-state index in [1.807, 2.05) is 19.9 Å². The summed E-state index contributed by atoms with van der Waals surface area (Å²) in [6, 6.07) is 2.01. The molecule has 6 nitrogen and oxygen atoms in total. The normalized spacial score (nSPS) is 11.6. The van der Waals surface area contributed by atoms with E-state index in [2.05, 4.69) is 20.6 Å². The van der Waals surface area contributed by atoms with Gasteiger partial charge in [-0.3, -0.25) is 4.79 Å². The van der Waals surface area contributed by atoms with Crippen molar-refractivity contribution in [2.75, 3.05) is 17.2 Å². The Morgan fingerprint density at radius 1 is 1.45 bits per heavy atom. The molecule has 20 heavy (non-hydrogen) atoms. The Balaban J connectivity index is 2.52. The first-order valence-corrected chi connectivity index (χ1v) is 7.25. The number of aromatic nitrogens is 2. The Labute approximate surface area is 121 Å². The van der Waals surface area contributed by atoms with Crippen molar-refractivity contribution < 1.29 is 4.79 Å². The van der Waals surface area contributed by atoms with Gasteiger partial charge < -0.3 is 16.4 Å². The number of primary amides is 1. The van der Waals surface area contributed by atoms with E-state index >= 15 is 0 Å². The molecule has 0 spiro atoms. The van der Waals surface area contributed by atoms with Crippen LogP contribution in [0.3, 0.4) is 0 Å². The molecule has 0 atom stereocenters. The molecule has 7 heteroatoms. The molecule has 0 saturated carbocycles. The molecule has 0 aliphatic rings. The van der Waals surface area contributed by atoms with Crippen molar-refractivity contribution in [3.63, 3.8) is 0 Å². The van der Waals surface area contributed by atoms with Crippen molar-refractivity contribution in [3.8, 4) is 0 Å². The van der Waals surface area contributed by atoms with Crippen molar-refractivity contribution in [1.82, 2.24) is 9.97 Å². The van der Waals surface area contributed by atoms with Gasteiger partial charge in [-0.25, -0.2) is 4.98 Å². The predicted molar refractivity (Wildman–Crippen MR) is 83.2 cm³/mol. The van der Waals surface area contributed by atoms with Crippen molar-refractivity contribution >= 4 is 39.2 Å². The van der Waals surface area contributed by atoms with Crippen LogP contribution >= 0.6 is 11.3 Å². The van der Waals surface area contributed by atoms with Gasteiger partial charge in [0, 0.05) is 11.4 Å². The van der Waals surface area contributed by atoms with E-state index in [9.17, 15) is 4.79 Å². The number of fused-ring (bicyclic) bond motifs is 1. The molecule has 2 heterocycles. The second kappa shape index (κ2) is 5.24. The Kier molecular flexibility index (Phi) is 3.80. The van der Waals surface area contributed by atoms with E-state index in [0.29, 0.717) is 11.8 Å². The zero-order chi connectivity index (χ0) is 14.9. The summed E-state index contributed by atoms with van der Waals surface area (Å²) in [4.78, 5) is 22.4. The fourth-order valence-electron chi connectivity index (χ4n) is 1.73. The van der Waals surface area contributed by atoms with Gasteiger partial charge in [0.2, 0.25) is 11.9 Å². The maximum absolute atomic E-state index is 11.5. The molecule has 2 aromatic heterocycles. The van der Waals surface area contributed by atoms with Crippen LogP contribution in [0.2, 0.25) is 0 Å². The highest BCUT2D eigenvalue weighted by molar-refractivity contribution is 7.18. The van der Waals surface area contributed by atoms with Crippen LogP contribution in [0.25, 0.3) is 10.2 Å². The summed E-state index contributed by atoms with van der Waals surface area (Å²) >= 11 is 1.59. The standard InChI is InChI=1S/C13H19N5OS/c1-5-15-12-16-9(18-13(3,4)11(14)19)8-6-7(2)20-10(8)17-12/h6H,5H2,1-4H3,(H2,14,19)(H2,15,16,17,18). The van der Waals surface area contributed by atoms with Gasteiger partial charge in [-0.1, -0.05) is 0 Å². The summed E-state index contributed by atoms with van der Waals surface area (Å²) in [6.45, 7) is 8.19. The highest BCUT2D eigenvalue weighted by Gasteiger charge is 2.26. The van der Waals surface area contributed by atoms with Gasteiger partial charge >= 0.3 is 0 Å². The third kappa shape index (κ3) is 2.82. The van der Waals surface area contributed by atoms with Gasteiger partial charge in [0.25, 0.3) is 0 Å². The summed E-state index contributed by atoms with van der Waals surface area (Å²) in [6.07, 6.45) is 0. The molecule has 2 aromatic rings. The number of nitrogens with two attached hydrogens (primary N) is 1. The number of aryl methyl sites for hydroxylation is 1. The maximum atomic E-state index is 11.5. The minimum atomic E-state index is -0.874. The number of carbonyl (C=O) groups excluding carboxylic acids is 1. The average molecular weight is 293 g/mol. The molecule has 0 radical (unpaired) electrons. The van der Waals surface area contributed by atoms with Gasteiger partial charge in [-0.2, -0.15) is 4.98 Å². The van der Waals surface area contributed by atoms with Crippen LogP contribution in [0, 0.1) is 6.92 Å². The zero-order valence-corrected chi connectivity index (χ0v) is 12.9. The summed E-state index contributed by atoms with van der Waals surface area (Å²) in [5, 5.41) is 7.11. The molecule has 108 valence electrons. The Morgan fingerprint density at radius 2 is 2.15 bits per heavy atom. The lowest BCUT2D eigenvalue weighted by Crippen LogP contribution is -2.45. The van der Waals surface area contributed by atoms with Gasteiger partial charge in [-0.05, 0) is 33.8 Å². The molecule has 0 fully saturated rings. The molecule has 0 unspecified atom stereocenters. The second-order valence-corrected chi connectivity index (χ2v) is 6.35.